The van der Waals surface area contributed by atoms with Crippen molar-refractivity contribution in [3.05, 3.63) is 46.6 Å². The van der Waals surface area contributed by atoms with Crippen molar-refractivity contribution in [2.24, 2.45) is 0 Å². The molecular formula is C17H24N2O. The summed E-state index contributed by atoms with van der Waals surface area (Å²) in [7, 11) is 1.84. The first-order valence-corrected chi connectivity index (χ1v) is 6.70. The van der Waals surface area contributed by atoms with Crippen molar-refractivity contribution in [2.75, 3.05) is 11.9 Å². The van der Waals surface area contributed by atoms with E-state index < -0.39 is 0 Å². The smallest absolute Gasteiger partial charge is 0.168 e. The molecule has 0 saturated heterocycles. The van der Waals surface area contributed by atoms with Crippen LogP contribution in [0.1, 0.15) is 36.8 Å². The summed E-state index contributed by atoms with van der Waals surface area (Å²) >= 11 is 0. The Bertz CT molecular complexity index is 600. The van der Waals surface area contributed by atoms with E-state index in [-0.39, 0.29) is 0 Å². The fraction of sp³-hybridized carbons (Fsp3) is 0.294. The molecule has 3 nitrogen and oxygen atoms in total. The Morgan fingerprint density at radius 1 is 1.30 bits per heavy atom. The summed E-state index contributed by atoms with van der Waals surface area (Å²) in [6.45, 7) is 15.5. The minimum atomic E-state index is 0.418. The number of nitrogens with zero attached hydrogens (tertiary/aromatic N) is 2. The Hall–Kier alpha value is -2.16. The first-order valence-electron chi connectivity index (χ1n) is 6.70. The molecule has 0 aromatic carbocycles. The highest BCUT2D eigenvalue weighted by Gasteiger charge is 2.08. The van der Waals surface area contributed by atoms with Crippen LogP contribution in [-0.2, 0) is 0 Å². The molecule has 1 rings (SSSR count). The number of allylic oxidation sites excluding steroid dienone is 2. The molecule has 0 radical (unpaired) electrons. The molecule has 0 aliphatic rings. The Balaban J connectivity index is 0.00000172. The van der Waals surface area contributed by atoms with Crippen LogP contribution >= 0.6 is 0 Å². The van der Waals surface area contributed by atoms with Gasteiger partial charge in [-0.25, -0.2) is 4.98 Å². The quantitative estimate of drug-likeness (QED) is 0.790. The summed E-state index contributed by atoms with van der Waals surface area (Å²) in [6.07, 6.45) is 8.20. The second-order valence-electron chi connectivity index (χ2n) is 3.94. The molecule has 0 spiro atoms. The van der Waals surface area contributed by atoms with Gasteiger partial charge in [-0.15, -0.1) is 0 Å². The number of aldehydes is 1. The summed E-state index contributed by atoms with van der Waals surface area (Å²) in [5.74, 6) is 0.681. The van der Waals surface area contributed by atoms with Crippen LogP contribution in [0.2, 0.25) is 0 Å². The van der Waals surface area contributed by atoms with Gasteiger partial charge in [-0.2, -0.15) is 0 Å². The molecule has 0 aliphatic heterocycles. The van der Waals surface area contributed by atoms with Crippen molar-refractivity contribution in [1.29, 1.82) is 0 Å². The Morgan fingerprint density at radius 2 is 1.90 bits per heavy atom. The van der Waals surface area contributed by atoms with Gasteiger partial charge in [0, 0.05) is 12.3 Å². The van der Waals surface area contributed by atoms with E-state index in [1.807, 2.05) is 53.0 Å². The number of hydrogen-bond donors (Lipinski definition) is 0. The zero-order valence-electron chi connectivity index (χ0n) is 13.1. The summed E-state index contributed by atoms with van der Waals surface area (Å²) in [4.78, 5) is 17.1. The second-order valence-corrected chi connectivity index (χ2v) is 3.94. The maximum Gasteiger partial charge on any atom is 0.168 e. The average molecular weight is 272 g/mol. The Kier molecular flexibility index (Phi) is 7.90. The zero-order valence-corrected chi connectivity index (χ0v) is 13.1. The minimum Gasteiger partial charge on any atom is -0.336 e. The van der Waals surface area contributed by atoms with Crippen LogP contribution in [0.25, 0.3) is 12.7 Å². The molecule has 0 fully saturated rings. The molecule has 0 saturated carbocycles. The lowest BCUT2D eigenvalue weighted by Gasteiger charge is -2.15. The minimum absolute atomic E-state index is 0.418. The Labute approximate surface area is 121 Å². The molecule has 0 N–H and O–H groups in total. The lowest BCUT2D eigenvalue weighted by atomic mass is 10.1. The molecular weight excluding hydrogens is 248 g/mol. The molecule has 0 amide bonds. The van der Waals surface area contributed by atoms with Gasteiger partial charge in [-0.1, -0.05) is 45.2 Å². The SMILES string of the molecule is C=CN(C)c1nc(C=O)c(C)c(=C)/c1=C\C=C/C.CC. The predicted molar refractivity (Wildman–Crippen MR) is 88.4 cm³/mol. The third-order valence-corrected chi connectivity index (χ3v) is 2.80. The molecule has 0 bridgehead atoms. The number of pyridine rings is 1. The first kappa shape index (κ1) is 17.8. The monoisotopic (exact) mass is 272 g/mol. The molecule has 0 aliphatic carbocycles. The van der Waals surface area contributed by atoms with Crippen molar-refractivity contribution >= 4 is 24.8 Å². The maximum atomic E-state index is 11.0. The van der Waals surface area contributed by atoms with Crippen LogP contribution in [-0.4, -0.2) is 18.3 Å². The van der Waals surface area contributed by atoms with E-state index in [9.17, 15) is 4.79 Å². The molecule has 1 heterocycles. The number of carbonyl (C=O) groups excluding carboxylic acids is 1. The molecule has 0 atom stereocenters. The number of anilines is 1. The summed E-state index contributed by atoms with van der Waals surface area (Å²) in [6, 6.07) is 0. The van der Waals surface area contributed by atoms with E-state index in [1.54, 1.807) is 11.1 Å². The lowest BCUT2D eigenvalue weighted by molar-refractivity contribution is 0.111. The van der Waals surface area contributed by atoms with Crippen molar-refractivity contribution in [3.63, 3.8) is 0 Å². The van der Waals surface area contributed by atoms with E-state index in [4.69, 9.17) is 0 Å². The summed E-state index contributed by atoms with van der Waals surface area (Å²) in [5.41, 5.74) is 1.23. The van der Waals surface area contributed by atoms with Gasteiger partial charge in [0.05, 0.1) is 0 Å². The number of rotatable bonds is 4. The van der Waals surface area contributed by atoms with Crippen molar-refractivity contribution in [1.82, 2.24) is 4.98 Å². The van der Waals surface area contributed by atoms with Gasteiger partial charge in [-0.3, -0.25) is 4.79 Å². The standard InChI is InChI=1S/C15H18N2O.C2H6/c1-6-8-9-13-11(3)12(4)14(10-18)16-15(13)17(5)7-2;1-2/h6-10H,2-3H2,1,4-5H3;1-2H3/b8-6-,13-9+;. The van der Waals surface area contributed by atoms with E-state index in [0.717, 1.165) is 22.3 Å². The summed E-state index contributed by atoms with van der Waals surface area (Å²) < 4.78 is 0. The molecule has 20 heavy (non-hydrogen) atoms. The molecule has 1 aromatic heterocycles. The predicted octanol–water partition coefficient (Wildman–Crippen LogP) is 2.58. The number of aromatic nitrogens is 1. The third-order valence-electron chi connectivity index (χ3n) is 2.80. The normalized spacial score (nSPS) is 10.9. The van der Waals surface area contributed by atoms with E-state index in [0.29, 0.717) is 11.5 Å². The fourth-order valence-corrected chi connectivity index (χ4v) is 1.59. The van der Waals surface area contributed by atoms with Crippen LogP contribution in [0, 0.1) is 6.92 Å². The van der Waals surface area contributed by atoms with Crippen LogP contribution in [0.4, 0.5) is 5.82 Å². The van der Waals surface area contributed by atoms with Gasteiger partial charge in [0.1, 0.15) is 11.5 Å². The third kappa shape index (κ3) is 3.92. The van der Waals surface area contributed by atoms with Crippen molar-refractivity contribution < 1.29 is 4.79 Å². The highest BCUT2D eigenvalue weighted by atomic mass is 16.1. The van der Waals surface area contributed by atoms with Crippen LogP contribution in [0.3, 0.4) is 0 Å². The van der Waals surface area contributed by atoms with Gasteiger partial charge in [0.25, 0.3) is 0 Å². The van der Waals surface area contributed by atoms with E-state index in [1.165, 1.54) is 0 Å². The second kappa shape index (κ2) is 8.86. The molecule has 3 heteroatoms. The van der Waals surface area contributed by atoms with E-state index >= 15 is 0 Å². The molecule has 108 valence electrons. The van der Waals surface area contributed by atoms with Gasteiger partial charge in [-0.05, 0) is 30.8 Å². The number of carbonyl (C=O) groups is 1. The number of hydrogen-bond acceptors (Lipinski definition) is 3. The highest BCUT2D eigenvalue weighted by molar-refractivity contribution is 5.76. The van der Waals surface area contributed by atoms with Crippen LogP contribution in [0.5, 0.6) is 0 Å². The largest absolute Gasteiger partial charge is 0.336 e. The zero-order chi connectivity index (χ0) is 15.7. The topological polar surface area (TPSA) is 33.2 Å². The van der Waals surface area contributed by atoms with Gasteiger partial charge < -0.3 is 4.90 Å². The van der Waals surface area contributed by atoms with Crippen LogP contribution in [0.15, 0.2) is 24.9 Å². The average Bonchev–Trinajstić information content (AvgIpc) is 2.49. The highest BCUT2D eigenvalue weighted by Crippen LogP contribution is 2.04. The van der Waals surface area contributed by atoms with Crippen molar-refractivity contribution in [2.45, 2.75) is 27.7 Å². The first-order chi connectivity index (χ1) is 9.56. The molecule has 1 aromatic rings. The van der Waals surface area contributed by atoms with E-state index in [2.05, 4.69) is 18.1 Å². The van der Waals surface area contributed by atoms with Gasteiger partial charge >= 0.3 is 0 Å². The lowest BCUT2D eigenvalue weighted by Crippen LogP contribution is -2.34. The van der Waals surface area contributed by atoms with Crippen LogP contribution < -0.4 is 15.3 Å². The Morgan fingerprint density at radius 3 is 2.35 bits per heavy atom. The fourth-order valence-electron chi connectivity index (χ4n) is 1.59. The summed E-state index contributed by atoms with van der Waals surface area (Å²) in [5, 5.41) is 1.72. The maximum absolute atomic E-state index is 11.0. The van der Waals surface area contributed by atoms with Gasteiger partial charge in [0.15, 0.2) is 6.29 Å². The van der Waals surface area contributed by atoms with Crippen molar-refractivity contribution in [3.8, 4) is 0 Å². The van der Waals surface area contributed by atoms with Gasteiger partial charge in [0.2, 0.25) is 0 Å². The molecule has 0 unspecified atom stereocenters.